The first kappa shape index (κ1) is 20.4. The Balaban J connectivity index is 1.65. The first-order chi connectivity index (χ1) is 13.3. The Morgan fingerprint density at radius 1 is 1.21 bits per heavy atom. The monoisotopic (exact) mass is 407 g/mol. The van der Waals surface area contributed by atoms with E-state index in [1.807, 2.05) is 0 Å². The summed E-state index contributed by atoms with van der Waals surface area (Å²) in [6.45, 7) is 6.58. The number of benzene rings is 1. The molecule has 1 aliphatic rings. The number of amides is 1. The second-order valence-corrected chi connectivity index (χ2v) is 7.33. The molecule has 2 aromatic rings. The van der Waals surface area contributed by atoms with Crippen molar-refractivity contribution in [2.24, 2.45) is 0 Å². The van der Waals surface area contributed by atoms with Crippen LogP contribution in [-0.4, -0.2) is 59.9 Å². The van der Waals surface area contributed by atoms with Crippen LogP contribution in [0.2, 0.25) is 5.02 Å². The molecule has 1 N–H and O–H groups in total. The number of carbonyl (C=O) groups excluding carboxylic acids is 2. The fourth-order valence-electron chi connectivity index (χ4n) is 3.53. The van der Waals surface area contributed by atoms with E-state index >= 15 is 0 Å². The molecule has 0 radical (unpaired) electrons. The van der Waals surface area contributed by atoms with Gasteiger partial charge in [-0.1, -0.05) is 17.7 Å². The number of nitrogens with zero attached hydrogens (tertiary/aromatic N) is 2. The zero-order valence-corrected chi connectivity index (χ0v) is 16.9. The van der Waals surface area contributed by atoms with Crippen LogP contribution < -0.4 is 0 Å². The van der Waals surface area contributed by atoms with Gasteiger partial charge in [0, 0.05) is 43.4 Å². The number of carbonyl (C=O) groups is 2. The molecule has 1 aliphatic heterocycles. The second-order valence-electron chi connectivity index (χ2n) is 6.92. The van der Waals surface area contributed by atoms with Crippen LogP contribution >= 0.6 is 11.6 Å². The van der Waals surface area contributed by atoms with Gasteiger partial charge in [0.15, 0.2) is 0 Å². The van der Waals surface area contributed by atoms with Gasteiger partial charge in [0.1, 0.15) is 11.5 Å². The van der Waals surface area contributed by atoms with E-state index in [0.717, 1.165) is 5.56 Å². The summed E-state index contributed by atoms with van der Waals surface area (Å²) >= 11 is 6.11. The molecule has 1 saturated heterocycles. The quantitative estimate of drug-likeness (QED) is 0.790. The van der Waals surface area contributed by atoms with Crippen molar-refractivity contribution in [2.45, 2.75) is 20.4 Å². The molecule has 6 nitrogen and oxygen atoms in total. The molecule has 8 heteroatoms. The number of hydrogen-bond acceptors (Lipinski definition) is 4. The zero-order chi connectivity index (χ0) is 20.4. The van der Waals surface area contributed by atoms with Crippen molar-refractivity contribution >= 4 is 23.5 Å². The maximum absolute atomic E-state index is 13.2. The molecule has 28 heavy (non-hydrogen) atoms. The van der Waals surface area contributed by atoms with Gasteiger partial charge in [0.05, 0.1) is 12.7 Å². The maximum atomic E-state index is 13.2. The van der Waals surface area contributed by atoms with Crippen molar-refractivity contribution in [3.63, 3.8) is 0 Å². The topological polar surface area (TPSA) is 65.6 Å². The Kier molecular flexibility index (Phi) is 6.05. The standard InChI is InChI=1S/C20H23ClFN3O3/c1-12-17(20(27)28-3)13(2)23-18(12)19(26)25-8-6-24(7-9-25)11-14-4-5-15(22)10-16(14)21/h4-5,10,23H,6-9,11H2,1-3H3. The summed E-state index contributed by atoms with van der Waals surface area (Å²) in [5.41, 5.74) is 2.93. The molecule has 0 unspecified atom stereocenters. The summed E-state index contributed by atoms with van der Waals surface area (Å²) in [4.78, 5) is 31.8. The number of rotatable bonds is 4. The minimum absolute atomic E-state index is 0.129. The summed E-state index contributed by atoms with van der Waals surface area (Å²) in [6, 6.07) is 4.40. The van der Waals surface area contributed by atoms with E-state index in [-0.39, 0.29) is 11.7 Å². The van der Waals surface area contributed by atoms with Crippen LogP contribution in [0.15, 0.2) is 18.2 Å². The molecule has 1 amide bonds. The Hall–Kier alpha value is -2.38. The van der Waals surface area contributed by atoms with Gasteiger partial charge in [-0.2, -0.15) is 0 Å². The second kappa shape index (κ2) is 8.32. The number of aryl methyl sites for hydroxylation is 1. The van der Waals surface area contributed by atoms with E-state index in [4.69, 9.17) is 16.3 Å². The molecule has 3 rings (SSSR count). The SMILES string of the molecule is COC(=O)c1c(C)[nH]c(C(=O)N2CCN(Cc3ccc(F)cc3Cl)CC2)c1C. The maximum Gasteiger partial charge on any atom is 0.339 e. The minimum atomic E-state index is -0.453. The lowest BCUT2D eigenvalue weighted by Crippen LogP contribution is -2.48. The Morgan fingerprint density at radius 3 is 2.50 bits per heavy atom. The minimum Gasteiger partial charge on any atom is -0.465 e. The summed E-state index contributed by atoms with van der Waals surface area (Å²) in [5, 5.41) is 0.409. The highest BCUT2D eigenvalue weighted by Crippen LogP contribution is 2.22. The van der Waals surface area contributed by atoms with Gasteiger partial charge in [-0.05, 0) is 37.1 Å². The average molecular weight is 408 g/mol. The highest BCUT2D eigenvalue weighted by molar-refractivity contribution is 6.31. The first-order valence-electron chi connectivity index (χ1n) is 9.04. The third kappa shape index (κ3) is 4.05. The van der Waals surface area contributed by atoms with E-state index in [0.29, 0.717) is 60.3 Å². The lowest BCUT2D eigenvalue weighted by atomic mass is 10.1. The van der Waals surface area contributed by atoms with Gasteiger partial charge in [0.2, 0.25) is 0 Å². The summed E-state index contributed by atoms with van der Waals surface area (Å²) < 4.78 is 18.0. The van der Waals surface area contributed by atoms with E-state index in [2.05, 4.69) is 9.88 Å². The predicted molar refractivity (Wildman–Crippen MR) is 104 cm³/mol. The number of H-pyrrole nitrogens is 1. The van der Waals surface area contributed by atoms with Crippen LogP contribution in [0.25, 0.3) is 0 Å². The summed E-state index contributed by atoms with van der Waals surface area (Å²) in [6.07, 6.45) is 0. The van der Waals surface area contributed by atoms with Crippen molar-refractivity contribution < 1.29 is 18.7 Å². The molecule has 1 fully saturated rings. The molecule has 0 saturated carbocycles. The van der Waals surface area contributed by atoms with Gasteiger partial charge in [-0.3, -0.25) is 9.69 Å². The van der Waals surface area contributed by atoms with Gasteiger partial charge < -0.3 is 14.6 Å². The summed E-state index contributed by atoms with van der Waals surface area (Å²) in [7, 11) is 1.32. The molecule has 0 bridgehead atoms. The number of piperazine rings is 1. The summed E-state index contributed by atoms with van der Waals surface area (Å²) in [5.74, 6) is -0.936. The zero-order valence-electron chi connectivity index (χ0n) is 16.1. The number of hydrogen-bond donors (Lipinski definition) is 1. The Morgan fingerprint density at radius 2 is 1.89 bits per heavy atom. The lowest BCUT2D eigenvalue weighted by molar-refractivity contribution is 0.0599. The van der Waals surface area contributed by atoms with Crippen LogP contribution in [0, 0.1) is 19.7 Å². The number of esters is 1. The molecular formula is C20H23ClFN3O3. The van der Waals surface area contributed by atoms with Crippen LogP contribution in [0.3, 0.4) is 0 Å². The van der Waals surface area contributed by atoms with E-state index < -0.39 is 5.97 Å². The van der Waals surface area contributed by atoms with Gasteiger partial charge in [0.25, 0.3) is 5.91 Å². The van der Waals surface area contributed by atoms with Gasteiger partial charge in [-0.15, -0.1) is 0 Å². The highest BCUT2D eigenvalue weighted by atomic mass is 35.5. The molecule has 0 aliphatic carbocycles. The Labute approximate surface area is 168 Å². The lowest BCUT2D eigenvalue weighted by Gasteiger charge is -2.34. The fourth-order valence-corrected chi connectivity index (χ4v) is 3.76. The smallest absolute Gasteiger partial charge is 0.339 e. The third-order valence-corrected chi connectivity index (χ3v) is 5.46. The van der Waals surface area contributed by atoms with Crippen molar-refractivity contribution in [1.29, 1.82) is 0 Å². The number of aromatic nitrogens is 1. The highest BCUT2D eigenvalue weighted by Gasteiger charge is 2.28. The van der Waals surface area contributed by atoms with Crippen molar-refractivity contribution in [3.8, 4) is 0 Å². The van der Waals surface area contributed by atoms with E-state index in [1.54, 1.807) is 24.8 Å². The molecule has 150 valence electrons. The predicted octanol–water partition coefficient (Wildman–Crippen LogP) is 3.17. The number of aromatic amines is 1. The van der Waals surface area contributed by atoms with Crippen LogP contribution in [0.5, 0.6) is 0 Å². The molecule has 2 heterocycles. The van der Waals surface area contributed by atoms with E-state index in [9.17, 15) is 14.0 Å². The number of halogens is 2. The Bertz CT molecular complexity index is 904. The van der Waals surface area contributed by atoms with Gasteiger partial charge in [-0.25, -0.2) is 9.18 Å². The molecular weight excluding hydrogens is 385 g/mol. The molecule has 0 spiro atoms. The van der Waals surface area contributed by atoms with Crippen molar-refractivity contribution in [1.82, 2.24) is 14.8 Å². The van der Waals surface area contributed by atoms with Crippen LogP contribution in [0.1, 0.15) is 37.7 Å². The normalized spacial score (nSPS) is 15.0. The van der Waals surface area contributed by atoms with Crippen molar-refractivity contribution in [3.05, 3.63) is 57.1 Å². The van der Waals surface area contributed by atoms with Gasteiger partial charge >= 0.3 is 5.97 Å². The molecule has 1 aromatic heterocycles. The van der Waals surface area contributed by atoms with E-state index in [1.165, 1.54) is 19.2 Å². The largest absolute Gasteiger partial charge is 0.465 e. The third-order valence-electron chi connectivity index (χ3n) is 5.11. The number of nitrogens with one attached hydrogen (secondary N) is 1. The average Bonchev–Trinajstić information content (AvgIpc) is 2.97. The fraction of sp³-hybridized carbons (Fsp3) is 0.400. The van der Waals surface area contributed by atoms with Crippen LogP contribution in [0.4, 0.5) is 4.39 Å². The number of ether oxygens (including phenoxy) is 1. The van der Waals surface area contributed by atoms with Crippen molar-refractivity contribution in [2.75, 3.05) is 33.3 Å². The van der Waals surface area contributed by atoms with Crippen LogP contribution in [-0.2, 0) is 11.3 Å². The molecule has 1 aromatic carbocycles. The molecule has 0 atom stereocenters. The first-order valence-corrected chi connectivity index (χ1v) is 9.42. The number of methoxy groups -OCH3 is 1.